The van der Waals surface area contributed by atoms with Crippen LogP contribution in [0, 0.1) is 0 Å². The van der Waals surface area contributed by atoms with Crippen molar-refractivity contribution in [2.24, 2.45) is 0 Å². The fourth-order valence-electron chi connectivity index (χ4n) is 2.04. The minimum atomic E-state index is -2.51. The van der Waals surface area contributed by atoms with Crippen molar-refractivity contribution in [3.05, 3.63) is 35.9 Å². The molecule has 2 rings (SSSR count). The molecule has 2 aromatic carbocycles. The number of hydrogen-bond donors (Lipinski definition) is 2. The van der Waals surface area contributed by atoms with E-state index in [1.54, 1.807) is 30.3 Å². The number of carbonyl (C=O) groups excluding carboxylic acids is 1. The molecule has 0 aromatic heterocycles. The normalized spacial score (nSPS) is 13.4. The second-order valence-electron chi connectivity index (χ2n) is 4.32. The Hall–Kier alpha value is -2.23. The lowest BCUT2D eigenvalue weighted by Crippen LogP contribution is -2.22. The number of ether oxygens (including phenoxy) is 1. The molecule has 0 aliphatic heterocycles. The summed E-state index contributed by atoms with van der Waals surface area (Å²) in [5.74, 6) is 0.227. The summed E-state index contributed by atoms with van der Waals surface area (Å²) in [6, 6.07) is 8.06. The molecule has 4 nitrogen and oxygen atoms in total. The number of amides is 1. The Morgan fingerprint density at radius 1 is 1.42 bits per heavy atom. The van der Waals surface area contributed by atoms with Crippen molar-refractivity contribution >= 4 is 16.7 Å². The molecular weight excluding hydrogens is 242 g/mol. The van der Waals surface area contributed by atoms with Crippen LogP contribution < -0.4 is 10.1 Å². The summed E-state index contributed by atoms with van der Waals surface area (Å²) < 4.78 is 26.3. The molecule has 0 spiro atoms. The first-order valence-electron chi connectivity index (χ1n) is 7.44. The van der Waals surface area contributed by atoms with Crippen molar-refractivity contribution < 1.29 is 18.8 Å². The van der Waals surface area contributed by atoms with Gasteiger partial charge in [-0.1, -0.05) is 6.07 Å². The second-order valence-corrected chi connectivity index (χ2v) is 4.32. The van der Waals surface area contributed by atoms with Gasteiger partial charge in [-0.05, 0) is 47.0 Å². The molecule has 0 bridgehead atoms. The molecule has 0 radical (unpaired) electrons. The van der Waals surface area contributed by atoms with Gasteiger partial charge in [-0.15, -0.1) is 0 Å². The van der Waals surface area contributed by atoms with Crippen molar-refractivity contribution in [2.45, 2.75) is 13.3 Å². The highest BCUT2D eigenvalue weighted by Gasteiger charge is 2.06. The fourth-order valence-corrected chi connectivity index (χ4v) is 2.04. The molecular formula is C15H17NO3. The lowest BCUT2D eigenvalue weighted by Gasteiger charge is -2.10. The van der Waals surface area contributed by atoms with Gasteiger partial charge in [0.1, 0.15) is 11.5 Å². The first-order chi connectivity index (χ1) is 10.2. The maximum absolute atomic E-state index is 10.9. The third-order valence-corrected chi connectivity index (χ3v) is 2.88. The van der Waals surface area contributed by atoms with Crippen LogP contribution in [0.2, 0.25) is 0 Å². The van der Waals surface area contributed by atoms with Crippen molar-refractivity contribution in [2.75, 3.05) is 13.6 Å². The Labute approximate surface area is 116 Å². The van der Waals surface area contributed by atoms with E-state index in [0.717, 1.165) is 16.3 Å². The minimum Gasteiger partial charge on any atom is -0.508 e. The summed E-state index contributed by atoms with van der Waals surface area (Å²) in [6.45, 7) is 1.86. The summed E-state index contributed by atoms with van der Waals surface area (Å²) in [5, 5.41) is 14.0. The van der Waals surface area contributed by atoms with E-state index in [1.807, 2.05) is 0 Å². The van der Waals surface area contributed by atoms with E-state index in [1.165, 1.54) is 6.92 Å². The largest absolute Gasteiger partial charge is 0.508 e. The summed E-state index contributed by atoms with van der Waals surface area (Å²) in [7, 11) is -2.51. The number of aromatic hydroxyl groups is 1. The highest BCUT2D eigenvalue weighted by molar-refractivity contribution is 5.88. The van der Waals surface area contributed by atoms with Crippen molar-refractivity contribution in [3.63, 3.8) is 0 Å². The first-order valence-corrected chi connectivity index (χ1v) is 5.94. The SMILES string of the molecule is [2H]C([2H])([2H])Oc1ccc2cc(O)cc(CCNC(C)=O)c2c1. The molecule has 0 aliphatic rings. The average Bonchev–Trinajstić information content (AvgIpc) is 2.37. The molecule has 2 N–H and O–H groups in total. The average molecular weight is 262 g/mol. The predicted octanol–water partition coefficient (Wildman–Crippen LogP) is 2.23. The van der Waals surface area contributed by atoms with Crippen LogP contribution in [0.4, 0.5) is 0 Å². The Morgan fingerprint density at radius 3 is 3.00 bits per heavy atom. The van der Waals surface area contributed by atoms with E-state index in [4.69, 9.17) is 8.85 Å². The molecule has 0 saturated carbocycles. The van der Waals surface area contributed by atoms with Gasteiger partial charge in [0.15, 0.2) is 0 Å². The van der Waals surface area contributed by atoms with Crippen LogP contribution in [-0.4, -0.2) is 24.6 Å². The van der Waals surface area contributed by atoms with E-state index in [-0.39, 0.29) is 17.4 Å². The molecule has 100 valence electrons. The molecule has 0 atom stereocenters. The monoisotopic (exact) mass is 262 g/mol. The summed E-state index contributed by atoms with van der Waals surface area (Å²) >= 11 is 0. The summed E-state index contributed by atoms with van der Waals surface area (Å²) in [6.07, 6.45) is 0.516. The second kappa shape index (κ2) is 5.61. The van der Waals surface area contributed by atoms with E-state index < -0.39 is 7.04 Å². The van der Waals surface area contributed by atoms with Crippen LogP contribution in [0.15, 0.2) is 30.3 Å². The molecule has 19 heavy (non-hydrogen) atoms. The molecule has 2 aromatic rings. The minimum absolute atomic E-state index is 0.120. The number of carbonyl (C=O) groups is 1. The van der Waals surface area contributed by atoms with Gasteiger partial charge >= 0.3 is 0 Å². The van der Waals surface area contributed by atoms with Crippen molar-refractivity contribution in [3.8, 4) is 11.5 Å². The number of fused-ring (bicyclic) bond motifs is 1. The van der Waals surface area contributed by atoms with Gasteiger partial charge in [0.05, 0.1) is 11.2 Å². The fraction of sp³-hybridized carbons (Fsp3) is 0.267. The van der Waals surface area contributed by atoms with Crippen LogP contribution in [0.1, 0.15) is 16.6 Å². The zero-order valence-corrected chi connectivity index (χ0v) is 10.6. The molecule has 0 heterocycles. The number of benzene rings is 2. The van der Waals surface area contributed by atoms with Gasteiger partial charge in [-0.2, -0.15) is 0 Å². The highest BCUT2D eigenvalue weighted by Crippen LogP contribution is 2.28. The maximum Gasteiger partial charge on any atom is 0.216 e. The topological polar surface area (TPSA) is 58.6 Å². The van der Waals surface area contributed by atoms with E-state index in [0.29, 0.717) is 13.0 Å². The van der Waals surface area contributed by atoms with Crippen LogP contribution in [-0.2, 0) is 11.2 Å². The lowest BCUT2D eigenvalue weighted by atomic mass is 10.0. The number of nitrogens with one attached hydrogen (secondary N) is 1. The van der Waals surface area contributed by atoms with Crippen molar-refractivity contribution in [1.29, 1.82) is 0 Å². The zero-order valence-electron chi connectivity index (χ0n) is 13.6. The number of phenolic OH excluding ortho intramolecular Hbond substituents is 1. The molecule has 0 saturated heterocycles. The number of rotatable bonds is 4. The van der Waals surface area contributed by atoms with E-state index >= 15 is 0 Å². The molecule has 0 aliphatic carbocycles. The van der Waals surface area contributed by atoms with Gasteiger partial charge in [0, 0.05) is 13.5 Å². The Balaban J connectivity index is 2.35. The first kappa shape index (κ1) is 9.67. The van der Waals surface area contributed by atoms with Crippen LogP contribution in [0.25, 0.3) is 10.8 Å². The number of hydrogen-bond acceptors (Lipinski definition) is 3. The summed E-state index contributed by atoms with van der Waals surface area (Å²) in [4.78, 5) is 10.9. The Bertz CT molecular complexity index is 698. The molecule has 0 fully saturated rings. The Kier molecular flexibility index (Phi) is 2.85. The predicted molar refractivity (Wildman–Crippen MR) is 74.6 cm³/mol. The van der Waals surface area contributed by atoms with Gasteiger partial charge in [0.2, 0.25) is 5.91 Å². The van der Waals surface area contributed by atoms with Gasteiger partial charge in [-0.25, -0.2) is 0 Å². The number of methoxy groups -OCH3 is 1. The van der Waals surface area contributed by atoms with Gasteiger partial charge in [-0.3, -0.25) is 4.79 Å². The zero-order chi connectivity index (χ0) is 16.3. The molecule has 4 heteroatoms. The maximum atomic E-state index is 10.9. The summed E-state index contributed by atoms with van der Waals surface area (Å²) in [5.41, 5.74) is 0.805. The molecule has 1 amide bonds. The quantitative estimate of drug-likeness (QED) is 0.888. The van der Waals surface area contributed by atoms with Crippen LogP contribution >= 0.6 is 0 Å². The third-order valence-electron chi connectivity index (χ3n) is 2.88. The van der Waals surface area contributed by atoms with Gasteiger partial charge in [0.25, 0.3) is 0 Å². The van der Waals surface area contributed by atoms with Crippen LogP contribution in [0.5, 0.6) is 11.5 Å². The third kappa shape index (κ3) is 3.16. The standard InChI is InChI=1S/C15H17NO3/c1-10(17)16-6-5-12-8-13(18)7-11-3-4-14(19-2)9-15(11)12/h3-4,7-9,18H,5-6H2,1-2H3,(H,16,17)/i2D3. The van der Waals surface area contributed by atoms with E-state index in [2.05, 4.69) is 5.32 Å². The smallest absolute Gasteiger partial charge is 0.216 e. The lowest BCUT2D eigenvalue weighted by molar-refractivity contribution is -0.118. The molecule has 0 unspecified atom stereocenters. The Morgan fingerprint density at radius 2 is 2.26 bits per heavy atom. The van der Waals surface area contributed by atoms with Crippen molar-refractivity contribution in [1.82, 2.24) is 5.32 Å². The van der Waals surface area contributed by atoms with E-state index in [9.17, 15) is 9.90 Å². The highest BCUT2D eigenvalue weighted by atomic mass is 16.5. The van der Waals surface area contributed by atoms with Crippen LogP contribution in [0.3, 0.4) is 0 Å². The van der Waals surface area contributed by atoms with Gasteiger partial charge < -0.3 is 15.2 Å². The number of phenols is 1.